The SMILES string of the molecule is CNC1(C)[C@H]2CC[C@H](C2)C1(C)C. The van der Waals surface area contributed by atoms with E-state index >= 15 is 0 Å². The maximum atomic E-state index is 3.56. The summed E-state index contributed by atoms with van der Waals surface area (Å²) in [5.74, 6) is 1.91. The maximum absolute atomic E-state index is 3.56. The standard InChI is InChI=1S/C11H21N/c1-10(2)8-5-6-9(7-8)11(10,3)12-4/h8-9,12H,5-7H2,1-4H3/t8-,9+,11?/m1/s1. The predicted octanol–water partition coefficient (Wildman–Crippen LogP) is 2.42. The highest BCUT2D eigenvalue weighted by molar-refractivity contribution is 5.13. The Balaban J connectivity index is 2.34. The quantitative estimate of drug-likeness (QED) is 0.632. The van der Waals surface area contributed by atoms with E-state index in [9.17, 15) is 0 Å². The highest BCUT2D eigenvalue weighted by Crippen LogP contribution is 2.60. The van der Waals surface area contributed by atoms with Gasteiger partial charge in [0.2, 0.25) is 0 Å². The fourth-order valence-corrected chi connectivity index (χ4v) is 3.64. The summed E-state index contributed by atoms with van der Waals surface area (Å²) in [4.78, 5) is 0. The molecule has 0 aromatic heterocycles. The van der Waals surface area contributed by atoms with E-state index < -0.39 is 0 Å². The summed E-state index contributed by atoms with van der Waals surface area (Å²) in [5.41, 5.74) is 0.903. The van der Waals surface area contributed by atoms with Crippen molar-refractivity contribution in [3.8, 4) is 0 Å². The molecule has 0 amide bonds. The molecule has 1 nitrogen and oxygen atoms in total. The van der Waals surface area contributed by atoms with Crippen molar-refractivity contribution in [3.63, 3.8) is 0 Å². The second-order valence-corrected chi connectivity index (χ2v) is 5.38. The molecule has 1 N–H and O–H groups in total. The third-order valence-electron chi connectivity index (χ3n) is 5.13. The lowest BCUT2D eigenvalue weighted by Crippen LogP contribution is -2.55. The third-order valence-corrected chi connectivity index (χ3v) is 5.13. The molecule has 1 heteroatoms. The number of nitrogens with one attached hydrogen (secondary N) is 1. The van der Waals surface area contributed by atoms with Gasteiger partial charge in [-0.25, -0.2) is 0 Å². The second-order valence-electron chi connectivity index (χ2n) is 5.38. The molecule has 3 atom stereocenters. The van der Waals surface area contributed by atoms with Crippen LogP contribution in [0.1, 0.15) is 40.0 Å². The maximum Gasteiger partial charge on any atom is 0.0232 e. The summed E-state index contributed by atoms with van der Waals surface area (Å²) in [7, 11) is 2.13. The summed E-state index contributed by atoms with van der Waals surface area (Å²) in [6.07, 6.45) is 4.38. The van der Waals surface area contributed by atoms with Crippen LogP contribution in [0.3, 0.4) is 0 Å². The minimum atomic E-state index is 0.399. The minimum absolute atomic E-state index is 0.399. The van der Waals surface area contributed by atoms with Gasteiger partial charge >= 0.3 is 0 Å². The van der Waals surface area contributed by atoms with Gasteiger partial charge in [-0.15, -0.1) is 0 Å². The van der Waals surface area contributed by atoms with Crippen LogP contribution in [0, 0.1) is 17.3 Å². The predicted molar refractivity (Wildman–Crippen MR) is 52.1 cm³/mol. The summed E-state index contributed by atoms with van der Waals surface area (Å²) < 4.78 is 0. The van der Waals surface area contributed by atoms with E-state index in [-0.39, 0.29) is 0 Å². The first-order valence-corrected chi connectivity index (χ1v) is 5.21. The van der Waals surface area contributed by atoms with Crippen molar-refractivity contribution in [1.29, 1.82) is 0 Å². The van der Waals surface area contributed by atoms with Crippen molar-refractivity contribution in [2.24, 2.45) is 17.3 Å². The molecule has 70 valence electrons. The van der Waals surface area contributed by atoms with Crippen LogP contribution < -0.4 is 5.32 Å². The van der Waals surface area contributed by atoms with E-state index in [1.54, 1.807) is 0 Å². The number of hydrogen-bond donors (Lipinski definition) is 1. The average molecular weight is 167 g/mol. The Kier molecular flexibility index (Phi) is 1.61. The van der Waals surface area contributed by atoms with E-state index in [0.29, 0.717) is 11.0 Å². The molecule has 2 aliphatic rings. The Hall–Kier alpha value is -0.0400. The molecular weight excluding hydrogens is 146 g/mol. The Bertz CT molecular complexity index is 197. The molecule has 0 spiro atoms. The minimum Gasteiger partial charge on any atom is -0.314 e. The summed E-state index contributed by atoms with van der Waals surface area (Å²) in [6, 6.07) is 0. The van der Waals surface area contributed by atoms with Crippen molar-refractivity contribution < 1.29 is 0 Å². The molecule has 0 aliphatic heterocycles. The summed E-state index contributed by atoms with van der Waals surface area (Å²) >= 11 is 0. The van der Waals surface area contributed by atoms with Gasteiger partial charge in [-0.2, -0.15) is 0 Å². The van der Waals surface area contributed by atoms with Crippen LogP contribution in [0.4, 0.5) is 0 Å². The van der Waals surface area contributed by atoms with E-state index in [1.807, 2.05) is 0 Å². The van der Waals surface area contributed by atoms with Gasteiger partial charge in [0.15, 0.2) is 0 Å². The molecule has 12 heavy (non-hydrogen) atoms. The largest absolute Gasteiger partial charge is 0.314 e. The zero-order valence-electron chi connectivity index (χ0n) is 8.78. The molecule has 0 aromatic carbocycles. The van der Waals surface area contributed by atoms with E-state index in [1.165, 1.54) is 19.3 Å². The molecule has 2 saturated carbocycles. The normalized spacial score (nSPS) is 50.0. The van der Waals surface area contributed by atoms with E-state index in [2.05, 4.69) is 33.1 Å². The number of hydrogen-bond acceptors (Lipinski definition) is 1. The van der Waals surface area contributed by atoms with Gasteiger partial charge in [-0.1, -0.05) is 13.8 Å². The van der Waals surface area contributed by atoms with Crippen molar-refractivity contribution in [2.45, 2.75) is 45.6 Å². The van der Waals surface area contributed by atoms with Crippen molar-refractivity contribution in [2.75, 3.05) is 7.05 Å². The molecule has 2 fully saturated rings. The van der Waals surface area contributed by atoms with Crippen LogP contribution in [0.5, 0.6) is 0 Å². The molecule has 2 aliphatic carbocycles. The molecule has 0 heterocycles. The second kappa shape index (κ2) is 2.25. The van der Waals surface area contributed by atoms with Crippen LogP contribution in [0.15, 0.2) is 0 Å². The van der Waals surface area contributed by atoms with E-state index in [4.69, 9.17) is 0 Å². The van der Waals surface area contributed by atoms with Crippen molar-refractivity contribution in [3.05, 3.63) is 0 Å². The lowest BCUT2D eigenvalue weighted by atomic mass is 9.64. The first-order valence-electron chi connectivity index (χ1n) is 5.21. The lowest BCUT2D eigenvalue weighted by molar-refractivity contribution is 0.0732. The van der Waals surface area contributed by atoms with Gasteiger partial charge in [0.05, 0.1) is 0 Å². The topological polar surface area (TPSA) is 12.0 Å². The van der Waals surface area contributed by atoms with Gasteiger partial charge in [0.25, 0.3) is 0 Å². The fraction of sp³-hybridized carbons (Fsp3) is 1.00. The number of fused-ring (bicyclic) bond motifs is 2. The van der Waals surface area contributed by atoms with Crippen LogP contribution in [-0.4, -0.2) is 12.6 Å². The zero-order chi connectivity index (χ0) is 8.98. The monoisotopic (exact) mass is 167 g/mol. The highest BCUT2D eigenvalue weighted by atomic mass is 15.0. The van der Waals surface area contributed by atoms with Gasteiger partial charge in [0.1, 0.15) is 0 Å². The molecule has 2 rings (SSSR count). The average Bonchev–Trinajstić information content (AvgIpc) is 2.55. The Labute approximate surface area is 75.9 Å². The van der Waals surface area contributed by atoms with Gasteiger partial charge in [-0.3, -0.25) is 0 Å². The number of rotatable bonds is 1. The molecule has 0 aromatic rings. The van der Waals surface area contributed by atoms with Gasteiger partial charge in [-0.05, 0) is 50.5 Å². The molecule has 1 unspecified atom stereocenters. The Morgan fingerprint density at radius 3 is 2.00 bits per heavy atom. The summed E-state index contributed by atoms with van der Waals surface area (Å²) in [6.45, 7) is 7.29. The van der Waals surface area contributed by atoms with Gasteiger partial charge in [0, 0.05) is 5.54 Å². The Morgan fingerprint density at radius 2 is 1.67 bits per heavy atom. The molecule has 2 bridgehead atoms. The van der Waals surface area contributed by atoms with E-state index in [0.717, 1.165) is 11.8 Å². The smallest absolute Gasteiger partial charge is 0.0232 e. The van der Waals surface area contributed by atoms with Gasteiger partial charge < -0.3 is 5.32 Å². The van der Waals surface area contributed by atoms with Crippen molar-refractivity contribution in [1.82, 2.24) is 5.32 Å². The van der Waals surface area contributed by atoms with Crippen LogP contribution in [0.2, 0.25) is 0 Å². The van der Waals surface area contributed by atoms with Crippen LogP contribution in [0.25, 0.3) is 0 Å². The molecule has 0 saturated heterocycles. The highest BCUT2D eigenvalue weighted by Gasteiger charge is 2.59. The zero-order valence-corrected chi connectivity index (χ0v) is 8.78. The fourth-order valence-electron chi connectivity index (χ4n) is 3.64. The third kappa shape index (κ3) is 0.736. The first-order chi connectivity index (χ1) is 5.52. The Morgan fingerprint density at radius 1 is 1.08 bits per heavy atom. The van der Waals surface area contributed by atoms with Crippen LogP contribution >= 0.6 is 0 Å². The lowest BCUT2D eigenvalue weighted by Gasteiger charge is -2.47. The molecular formula is C11H21N. The molecule has 0 radical (unpaired) electrons. The van der Waals surface area contributed by atoms with Crippen molar-refractivity contribution >= 4 is 0 Å². The van der Waals surface area contributed by atoms with Crippen LogP contribution in [-0.2, 0) is 0 Å². The summed E-state index contributed by atoms with van der Waals surface area (Å²) in [5, 5.41) is 3.56. The first kappa shape index (κ1) is 8.55.